The number of nitrogens with one attached hydrogen (secondary N) is 2. The number of anilines is 2. The van der Waals surface area contributed by atoms with E-state index in [9.17, 15) is 4.79 Å². The molecule has 2 heterocycles. The van der Waals surface area contributed by atoms with Gasteiger partial charge in [-0.3, -0.25) is 4.79 Å². The summed E-state index contributed by atoms with van der Waals surface area (Å²) in [5, 5.41) is 10.0. The number of nitrogens with zero attached hydrogens (tertiary/aromatic N) is 3. The van der Waals surface area contributed by atoms with E-state index in [2.05, 4.69) is 32.5 Å². The number of hydrogen-bond donors (Lipinski definition) is 2. The number of carbonyl (C=O) groups excluding carboxylic acids is 1. The van der Waals surface area contributed by atoms with Gasteiger partial charge in [0.15, 0.2) is 5.82 Å². The molecule has 156 valence electrons. The highest BCUT2D eigenvalue weighted by Gasteiger charge is 2.13. The normalized spacial score (nSPS) is 11.3. The van der Waals surface area contributed by atoms with Gasteiger partial charge < -0.3 is 15.5 Å². The third kappa shape index (κ3) is 5.34. The van der Waals surface area contributed by atoms with E-state index < -0.39 is 0 Å². The standard InChI is InChI=1S/C21H22ClN5O2S/c1-4-16-13(2)24-21(17-9-10-18(22)30-17)26-20(16)25-15-7-5-14(6-8-15)11-19(23-3)27-29-12-28/h5-10,12H,4,11H2,1-3H3,(H,23,27)(H,24,25,26). The second-order valence-corrected chi connectivity index (χ2v) is 8.12. The summed E-state index contributed by atoms with van der Waals surface area (Å²) in [6.45, 7) is 4.37. The van der Waals surface area contributed by atoms with Crippen molar-refractivity contribution in [2.45, 2.75) is 26.7 Å². The third-order valence-electron chi connectivity index (χ3n) is 4.44. The lowest BCUT2D eigenvalue weighted by Crippen LogP contribution is -2.21. The van der Waals surface area contributed by atoms with Crippen LogP contribution >= 0.6 is 22.9 Å². The quantitative estimate of drug-likeness (QED) is 0.172. The van der Waals surface area contributed by atoms with Crippen LogP contribution in [0.3, 0.4) is 0 Å². The van der Waals surface area contributed by atoms with Gasteiger partial charge in [-0.25, -0.2) is 9.97 Å². The molecule has 9 heteroatoms. The molecular formula is C21H22ClN5O2S. The van der Waals surface area contributed by atoms with Crippen molar-refractivity contribution in [2.24, 2.45) is 5.16 Å². The number of oxime groups is 1. The fourth-order valence-electron chi connectivity index (χ4n) is 2.95. The zero-order valence-electron chi connectivity index (χ0n) is 16.9. The number of likely N-dealkylation sites (N-methyl/N-ethyl adjacent to an activating group) is 1. The van der Waals surface area contributed by atoms with E-state index in [0.717, 1.165) is 39.6 Å². The first kappa shape index (κ1) is 21.7. The van der Waals surface area contributed by atoms with Gasteiger partial charge in [-0.05, 0) is 43.2 Å². The van der Waals surface area contributed by atoms with E-state index in [0.29, 0.717) is 22.4 Å². The van der Waals surface area contributed by atoms with E-state index in [1.165, 1.54) is 11.3 Å². The molecule has 0 atom stereocenters. The molecule has 0 radical (unpaired) electrons. The molecule has 0 unspecified atom stereocenters. The molecule has 3 aromatic rings. The molecule has 0 fully saturated rings. The van der Waals surface area contributed by atoms with Crippen LogP contribution in [-0.4, -0.2) is 29.3 Å². The zero-order valence-corrected chi connectivity index (χ0v) is 18.5. The van der Waals surface area contributed by atoms with Crippen molar-refractivity contribution in [3.8, 4) is 10.7 Å². The minimum atomic E-state index is 0.289. The Balaban J connectivity index is 1.83. The van der Waals surface area contributed by atoms with Crippen molar-refractivity contribution in [2.75, 3.05) is 12.4 Å². The highest BCUT2D eigenvalue weighted by molar-refractivity contribution is 7.19. The van der Waals surface area contributed by atoms with Gasteiger partial charge in [0, 0.05) is 30.4 Å². The van der Waals surface area contributed by atoms with Crippen LogP contribution in [-0.2, 0) is 22.5 Å². The predicted molar refractivity (Wildman–Crippen MR) is 122 cm³/mol. The van der Waals surface area contributed by atoms with Gasteiger partial charge in [-0.1, -0.05) is 35.8 Å². The number of carbonyl (C=O) groups is 1. The summed E-state index contributed by atoms with van der Waals surface area (Å²) in [6, 6.07) is 11.7. The number of aromatic nitrogens is 2. The van der Waals surface area contributed by atoms with Gasteiger partial charge in [0.2, 0.25) is 0 Å². The number of aryl methyl sites for hydroxylation is 1. The Kier molecular flexibility index (Phi) is 7.37. The Morgan fingerprint density at radius 2 is 2.00 bits per heavy atom. The Hall–Kier alpha value is -2.97. The molecule has 3 rings (SSSR count). The maximum Gasteiger partial charge on any atom is 0.323 e. The first-order valence-corrected chi connectivity index (χ1v) is 10.6. The van der Waals surface area contributed by atoms with Gasteiger partial charge in [-0.2, -0.15) is 0 Å². The molecule has 0 aliphatic carbocycles. The van der Waals surface area contributed by atoms with Crippen LogP contribution < -0.4 is 10.6 Å². The zero-order chi connectivity index (χ0) is 21.5. The van der Waals surface area contributed by atoms with Crippen molar-refractivity contribution < 1.29 is 9.63 Å². The number of benzene rings is 1. The molecule has 0 spiro atoms. The summed E-state index contributed by atoms with van der Waals surface area (Å²) in [5.41, 5.74) is 3.94. The van der Waals surface area contributed by atoms with Crippen molar-refractivity contribution >= 4 is 46.8 Å². The molecule has 0 aliphatic heterocycles. The molecule has 0 amide bonds. The van der Waals surface area contributed by atoms with Crippen LogP contribution in [0, 0.1) is 6.92 Å². The number of halogens is 1. The van der Waals surface area contributed by atoms with Crippen molar-refractivity contribution in [3.63, 3.8) is 0 Å². The Bertz CT molecular complexity index is 1050. The highest BCUT2D eigenvalue weighted by Crippen LogP contribution is 2.31. The van der Waals surface area contributed by atoms with Gasteiger partial charge >= 0.3 is 6.47 Å². The summed E-state index contributed by atoms with van der Waals surface area (Å²) in [7, 11) is 1.73. The van der Waals surface area contributed by atoms with Gasteiger partial charge in [0.1, 0.15) is 11.7 Å². The topological polar surface area (TPSA) is 88.5 Å². The van der Waals surface area contributed by atoms with Gasteiger partial charge in [0.05, 0.1) is 9.21 Å². The SMILES string of the molecule is CCc1c(C)nc(-c2ccc(Cl)s2)nc1Nc1ccc(C/C(=N/OC=O)NC)cc1. The summed E-state index contributed by atoms with van der Waals surface area (Å²) in [5.74, 6) is 2.00. The Labute approximate surface area is 184 Å². The summed E-state index contributed by atoms with van der Waals surface area (Å²) >= 11 is 7.53. The molecule has 30 heavy (non-hydrogen) atoms. The van der Waals surface area contributed by atoms with E-state index in [1.807, 2.05) is 43.3 Å². The maximum absolute atomic E-state index is 10.3. The molecule has 2 N–H and O–H groups in total. The minimum Gasteiger partial charge on any atom is -0.374 e. The minimum absolute atomic E-state index is 0.289. The second kappa shape index (κ2) is 10.2. The van der Waals surface area contributed by atoms with Crippen LogP contribution in [0.25, 0.3) is 10.7 Å². The molecule has 0 saturated heterocycles. The molecular weight excluding hydrogens is 422 g/mol. The van der Waals surface area contributed by atoms with Crippen molar-refractivity contribution in [3.05, 3.63) is 57.6 Å². The van der Waals surface area contributed by atoms with Crippen LogP contribution in [0.2, 0.25) is 4.34 Å². The van der Waals surface area contributed by atoms with E-state index in [4.69, 9.17) is 16.6 Å². The Morgan fingerprint density at radius 1 is 1.23 bits per heavy atom. The molecule has 1 aromatic carbocycles. The average Bonchev–Trinajstić information content (AvgIpc) is 3.18. The lowest BCUT2D eigenvalue weighted by molar-refractivity contribution is -0.128. The van der Waals surface area contributed by atoms with Crippen molar-refractivity contribution in [1.29, 1.82) is 0 Å². The average molecular weight is 444 g/mol. The summed E-state index contributed by atoms with van der Waals surface area (Å²) in [4.78, 5) is 25.1. The fraction of sp³-hybridized carbons (Fsp3) is 0.238. The molecule has 7 nitrogen and oxygen atoms in total. The van der Waals surface area contributed by atoms with E-state index in [1.54, 1.807) is 7.05 Å². The van der Waals surface area contributed by atoms with Gasteiger partial charge in [0.25, 0.3) is 0 Å². The van der Waals surface area contributed by atoms with E-state index in [-0.39, 0.29) is 6.47 Å². The van der Waals surface area contributed by atoms with Crippen LogP contribution in [0.1, 0.15) is 23.7 Å². The predicted octanol–water partition coefficient (Wildman–Crippen LogP) is 4.72. The number of hydrogen-bond acceptors (Lipinski definition) is 7. The fourth-order valence-corrected chi connectivity index (χ4v) is 3.93. The maximum atomic E-state index is 10.3. The third-order valence-corrected chi connectivity index (χ3v) is 5.67. The number of thiophene rings is 1. The van der Waals surface area contributed by atoms with Crippen LogP contribution in [0.15, 0.2) is 41.6 Å². The lowest BCUT2D eigenvalue weighted by atomic mass is 10.1. The first-order chi connectivity index (χ1) is 14.5. The smallest absolute Gasteiger partial charge is 0.323 e. The number of amidine groups is 1. The number of rotatable bonds is 8. The van der Waals surface area contributed by atoms with Crippen LogP contribution in [0.4, 0.5) is 11.5 Å². The van der Waals surface area contributed by atoms with Crippen LogP contribution in [0.5, 0.6) is 0 Å². The lowest BCUT2D eigenvalue weighted by Gasteiger charge is -2.14. The Morgan fingerprint density at radius 3 is 2.60 bits per heavy atom. The van der Waals surface area contributed by atoms with Gasteiger partial charge in [-0.15, -0.1) is 11.3 Å². The first-order valence-electron chi connectivity index (χ1n) is 9.37. The summed E-state index contributed by atoms with van der Waals surface area (Å²) in [6.07, 6.45) is 1.33. The second-order valence-electron chi connectivity index (χ2n) is 6.41. The highest BCUT2D eigenvalue weighted by atomic mass is 35.5. The van der Waals surface area contributed by atoms with E-state index >= 15 is 0 Å². The largest absolute Gasteiger partial charge is 0.374 e. The molecule has 0 bridgehead atoms. The molecule has 2 aromatic heterocycles. The molecule has 0 aliphatic rings. The van der Waals surface area contributed by atoms with Crippen molar-refractivity contribution in [1.82, 2.24) is 15.3 Å². The monoisotopic (exact) mass is 443 g/mol. The molecule has 0 saturated carbocycles. The summed E-state index contributed by atoms with van der Waals surface area (Å²) < 4.78 is 0.707.